The molecule has 1 saturated carbocycles. The number of aryl methyl sites for hydroxylation is 1. The van der Waals surface area contributed by atoms with E-state index in [9.17, 15) is 0 Å². The Morgan fingerprint density at radius 3 is 2.87 bits per heavy atom. The number of hydrogen-bond donors (Lipinski definition) is 2. The van der Waals surface area contributed by atoms with Gasteiger partial charge in [0.15, 0.2) is 5.65 Å². The van der Waals surface area contributed by atoms with Crippen LogP contribution in [0.4, 0.5) is 5.69 Å². The molecule has 0 atom stereocenters. The maximum Gasteiger partial charge on any atom is 0.159 e. The van der Waals surface area contributed by atoms with Crippen LogP contribution in [-0.4, -0.2) is 52.8 Å². The molecule has 2 aliphatic heterocycles. The summed E-state index contributed by atoms with van der Waals surface area (Å²) in [6.07, 6.45) is 10.1. The van der Waals surface area contributed by atoms with Gasteiger partial charge in [0.2, 0.25) is 0 Å². The van der Waals surface area contributed by atoms with Crippen LogP contribution in [0.5, 0.6) is 0 Å². The summed E-state index contributed by atoms with van der Waals surface area (Å²) in [5.74, 6) is 0.561. The Hall–Kier alpha value is -2.16. The van der Waals surface area contributed by atoms with Crippen molar-refractivity contribution in [2.24, 2.45) is 5.92 Å². The average molecular weight is 414 g/mol. The van der Waals surface area contributed by atoms with Crippen molar-refractivity contribution in [2.75, 3.05) is 31.7 Å². The molecular weight excluding hydrogens is 382 g/mol. The van der Waals surface area contributed by atoms with Gasteiger partial charge in [-0.2, -0.15) is 5.10 Å². The molecule has 0 bridgehead atoms. The predicted molar refractivity (Wildman–Crippen MR) is 115 cm³/mol. The lowest BCUT2D eigenvalue weighted by Crippen LogP contribution is -2.45. The molecule has 0 aromatic carbocycles. The van der Waals surface area contributed by atoms with Crippen LogP contribution in [0, 0.1) is 5.92 Å². The van der Waals surface area contributed by atoms with Crippen LogP contribution in [-0.2, 0) is 20.9 Å². The van der Waals surface area contributed by atoms with Crippen LogP contribution >= 0.6 is 0 Å². The summed E-state index contributed by atoms with van der Waals surface area (Å²) in [5.41, 5.74) is 6.98. The van der Waals surface area contributed by atoms with Crippen molar-refractivity contribution in [3.8, 4) is 0 Å². The lowest BCUT2D eigenvalue weighted by Gasteiger charge is -2.41. The number of aromatic nitrogens is 3. The zero-order chi connectivity index (χ0) is 20.6. The normalized spacial score (nSPS) is 26.6. The van der Waals surface area contributed by atoms with E-state index in [-0.39, 0.29) is 5.60 Å². The monoisotopic (exact) mass is 413 g/mol. The number of fused-ring (bicyclic) bond motifs is 1. The minimum atomic E-state index is -0.227. The highest BCUT2D eigenvalue weighted by atomic mass is 16.7. The first-order chi connectivity index (χ1) is 14.7. The van der Waals surface area contributed by atoms with Crippen molar-refractivity contribution in [3.63, 3.8) is 0 Å². The number of nitrogens with zero attached hydrogens (tertiary/aromatic N) is 3. The lowest BCUT2D eigenvalue weighted by molar-refractivity contribution is -0.124. The molecular formula is C22H31N5O3. The quantitative estimate of drug-likeness (QED) is 0.722. The number of pyridine rings is 1. The Kier molecular flexibility index (Phi) is 5.39. The SMILES string of the molecule is CCOCC1CC2(C=C(c3cnc4c(cnn4CC)c3NC3CCOCC3)NO2)C1. The third-order valence-corrected chi connectivity index (χ3v) is 6.42. The van der Waals surface area contributed by atoms with E-state index in [1.807, 2.05) is 24.0 Å². The van der Waals surface area contributed by atoms with Gasteiger partial charge in [-0.3, -0.25) is 10.3 Å². The Morgan fingerprint density at radius 2 is 2.10 bits per heavy atom. The Labute approximate surface area is 176 Å². The second-order valence-corrected chi connectivity index (χ2v) is 8.54. The minimum Gasteiger partial charge on any atom is -0.381 e. The summed E-state index contributed by atoms with van der Waals surface area (Å²) in [6, 6.07) is 0.379. The first-order valence-electron chi connectivity index (χ1n) is 11.1. The molecule has 1 saturated heterocycles. The van der Waals surface area contributed by atoms with Gasteiger partial charge in [0, 0.05) is 50.8 Å². The third-order valence-electron chi connectivity index (χ3n) is 6.42. The zero-order valence-corrected chi connectivity index (χ0v) is 17.8. The molecule has 1 spiro atoms. The maximum atomic E-state index is 6.04. The topological polar surface area (TPSA) is 82.5 Å². The van der Waals surface area contributed by atoms with Crippen LogP contribution in [0.3, 0.4) is 0 Å². The highest BCUT2D eigenvalue weighted by Crippen LogP contribution is 2.47. The van der Waals surface area contributed by atoms with E-state index < -0.39 is 0 Å². The van der Waals surface area contributed by atoms with Crippen molar-refractivity contribution in [1.29, 1.82) is 0 Å². The van der Waals surface area contributed by atoms with Crippen molar-refractivity contribution in [2.45, 2.75) is 57.7 Å². The molecule has 2 N–H and O–H groups in total. The van der Waals surface area contributed by atoms with Gasteiger partial charge >= 0.3 is 0 Å². The molecule has 30 heavy (non-hydrogen) atoms. The molecule has 3 aliphatic rings. The summed E-state index contributed by atoms with van der Waals surface area (Å²) in [7, 11) is 0. The van der Waals surface area contributed by atoms with Gasteiger partial charge < -0.3 is 14.8 Å². The highest BCUT2D eigenvalue weighted by molar-refractivity contribution is 5.95. The zero-order valence-electron chi connectivity index (χ0n) is 17.8. The predicted octanol–water partition coefficient (Wildman–Crippen LogP) is 3.10. The Morgan fingerprint density at radius 1 is 1.27 bits per heavy atom. The van der Waals surface area contributed by atoms with Crippen LogP contribution in [0.25, 0.3) is 16.7 Å². The Bertz CT molecular complexity index is 928. The smallest absolute Gasteiger partial charge is 0.159 e. The van der Waals surface area contributed by atoms with Crippen molar-refractivity contribution in [1.82, 2.24) is 20.2 Å². The lowest BCUT2D eigenvalue weighted by atomic mass is 9.71. The molecule has 8 nitrogen and oxygen atoms in total. The third kappa shape index (κ3) is 3.57. The molecule has 0 amide bonds. The summed E-state index contributed by atoms with van der Waals surface area (Å²) < 4.78 is 13.1. The molecule has 0 radical (unpaired) electrons. The summed E-state index contributed by atoms with van der Waals surface area (Å²) in [4.78, 5) is 10.8. The first-order valence-corrected chi connectivity index (χ1v) is 11.1. The van der Waals surface area contributed by atoms with Crippen molar-refractivity contribution >= 4 is 22.4 Å². The van der Waals surface area contributed by atoms with E-state index in [4.69, 9.17) is 19.3 Å². The van der Waals surface area contributed by atoms with Gasteiger partial charge in [-0.1, -0.05) is 0 Å². The fraction of sp³-hybridized carbons (Fsp3) is 0.636. The molecule has 1 aliphatic carbocycles. The molecule has 2 fully saturated rings. The largest absolute Gasteiger partial charge is 0.381 e. The van der Waals surface area contributed by atoms with Crippen LogP contribution in [0.15, 0.2) is 18.5 Å². The fourth-order valence-corrected chi connectivity index (χ4v) is 4.80. The fourth-order valence-electron chi connectivity index (χ4n) is 4.80. The van der Waals surface area contributed by atoms with E-state index in [2.05, 4.69) is 28.9 Å². The molecule has 162 valence electrons. The number of hydroxylamine groups is 1. The van der Waals surface area contributed by atoms with Crippen molar-refractivity contribution in [3.05, 3.63) is 24.0 Å². The maximum absolute atomic E-state index is 6.04. The number of anilines is 1. The summed E-state index contributed by atoms with van der Waals surface area (Å²) in [6.45, 7) is 8.08. The molecule has 2 aromatic rings. The number of nitrogens with one attached hydrogen (secondary N) is 2. The molecule has 0 unspecified atom stereocenters. The Balaban J connectivity index is 1.45. The van der Waals surface area contributed by atoms with E-state index in [0.717, 1.165) is 86.6 Å². The second kappa shape index (κ2) is 8.17. The van der Waals surface area contributed by atoms with Crippen LogP contribution in [0.2, 0.25) is 0 Å². The minimum absolute atomic E-state index is 0.227. The van der Waals surface area contributed by atoms with Crippen molar-refractivity contribution < 1.29 is 14.3 Å². The molecule has 8 heteroatoms. The number of ether oxygens (including phenoxy) is 2. The first kappa shape index (κ1) is 19.8. The average Bonchev–Trinajstić information content (AvgIpc) is 3.37. The van der Waals surface area contributed by atoms with Crippen LogP contribution < -0.4 is 10.8 Å². The molecule has 5 rings (SSSR count). The van der Waals surface area contributed by atoms with E-state index in [1.54, 1.807) is 0 Å². The number of rotatable bonds is 7. The standard InChI is InChI=1S/C22H31N5O3/c1-3-27-21-18(13-24-27)20(25-16-5-7-29-8-6-16)17(12-23-21)19-11-22(30-26-19)9-15(10-22)14-28-4-2/h11-13,15-16,26H,3-10,14H2,1-2H3,(H,23,25). The van der Waals surface area contributed by atoms with Gasteiger partial charge in [0.25, 0.3) is 0 Å². The van der Waals surface area contributed by atoms with Gasteiger partial charge in [0.05, 0.1) is 23.0 Å². The van der Waals surface area contributed by atoms with Gasteiger partial charge in [0.1, 0.15) is 5.60 Å². The molecule has 2 aromatic heterocycles. The summed E-state index contributed by atoms with van der Waals surface area (Å²) >= 11 is 0. The van der Waals surface area contributed by atoms with E-state index >= 15 is 0 Å². The summed E-state index contributed by atoms with van der Waals surface area (Å²) in [5, 5.41) is 9.36. The van der Waals surface area contributed by atoms with Gasteiger partial charge in [-0.25, -0.2) is 9.67 Å². The highest BCUT2D eigenvalue weighted by Gasteiger charge is 2.48. The van der Waals surface area contributed by atoms with Gasteiger partial charge in [-0.05, 0) is 51.5 Å². The van der Waals surface area contributed by atoms with Gasteiger partial charge in [-0.15, -0.1) is 0 Å². The van der Waals surface area contributed by atoms with E-state index in [0.29, 0.717) is 12.0 Å². The van der Waals surface area contributed by atoms with E-state index in [1.165, 1.54) is 0 Å². The number of hydrogen-bond acceptors (Lipinski definition) is 7. The van der Waals surface area contributed by atoms with Crippen LogP contribution in [0.1, 0.15) is 45.1 Å². The molecule has 4 heterocycles. The second-order valence-electron chi connectivity index (χ2n) is 8.54.